The van der Waals surface area contributed by atoms with Crippen molar-refractivity contribution >= 4 is 27.7 Å². The number of nitrogens with one attached hydrogen (secondary N) is 1. The number of amides is 1. The number of pyridine rings is 1. The monoisotopic (exact) mass is 538 g/mol. The number of aryl methyl sites for hydroxylation is 1. The summed E-state index contributed by atoms with van der Waals surface area (Å²) < 4.78 is 72.7. The Hall–Kier alpha value is -3.66. The Labute approximate surface area is 212 Å². The van der Waals surface area contributed by atoms with E-state index in [1.165, 1.54) is 6.07 Å². The molecule has 198 valence electrons. The van der Waals surface area contributed by atoms with E-state index in [-0.39, 0.29) is 43.7 Å². The second-order valence-electron chi connectivity index (χ2n) is 8.35. The molecular weight excluding hydrogens is 513 g/mol. The van der Waals surface area contributed by atoms with Gasteiger partial charge >= 0.3 is 5.97 Å². The number of piperidine rings is 1. The third-order valence-corrected chi connectivity index (χ3v) is 7.11. The summed E-state index contributed by atoms with van der Waals surface area (Å²) in [5.74, 6) is -7.34. The number of benzene rings is 1. The zero-order valence-electron chi connectivity index (χ0n) is 20.2. The van der Waals surface area contributed by atoms with Gasteiger partial charge in [-0.1, -0.05) is 6.92 Å². The second kappa shape index (κ2) is 11.6. The smallest absolute Gasteiger partial charge is 0.340 e. The molecule has 1 amide bonds. The molecule has 1 fully saturated rings. The summed E-state index contributed by atoms with van der Waals surface area (Å²) in [6, 6.07) is 4.59. The molecular formula is C24H25F3N4O5S. The van der Waals surface area contributed by atoms with Crippen molar-refractivity contribution in [2.24, 2.45) is 5.92 Å². The van der Waals surface area contributed by atoms with Gasteiger partial charge in [0.15, 0.2) is 11.6 Å². The molecule has 13 heteroatoms. The van der Waals surface area contributed by atoms with Gasteiger partial charge in [0.05, 0.1) is 23.4 Å². The van der Waals surface area contributed by atoms with E-state index in [0.717, 1.165) is 0 Å². The van der Waals surface area contributed by atoms with Gasteiger partial charge in [-0.25, -0.2) is 31.4 Å². The number of carbonyl (C=O) groups excluding carboxylic acids is 2. The lowest BCUT2D eigenvalue weighted by molar-refractivity contribution is -0.123. The van der Waals surface area contributed by atoms with Crippen LogP contribution in [0.3, 0.4) is 0 Å². The molecule has 0 saturated carbocycles. The predicted octanol–water partition coefficient (Wildman–Crippen LogP) is 2.97. The van der Waals surface area contributed by atoms with E-state index in [2.05, 4.69) is 4.98 Å². The Bertz CT molecular complexity index is 1350. The first-order chi connectivity index (χ1) is 17.5. The molecule has 9 nitrogen and oxygen atoms in total. The van der Waals surface area contributed by atoms with Crippen LogP contribution in [0.5, 0.6) is 0 Å². The molecule has 1 aliphatic rings. The Morgan fingerprint density at radius 2 is 1.84 bits per heavy atom. The summed E-state index contributed by atoms with van der Waals surface area (Å²) in [5.41, 5.74) is -0.182. The first-order valence-corrected chi connectivity index (χ1v) is 13.2. The van der Waals surface area contributed by atoms with Gasteiger partial charge in [-0.3, -0.25) is 9.52 Å². The standard InChI is InChI=1S/C24H25F3N4O5S/c1-3-20-16(24(33)36-4-2)11-15(12-28)22(29-20)31-9-7-14(8-10-31)23(32)30-37(34,35)13-17-18(25)5-6-19(26)21(17)27/h5-6,11,14H,3-4,7-10,13H2,1-2H3,(H,30,32). The maximum atomic E-state index is 13.9. The summed E-state index contributed by atoms with van der Waals surface area (Å²) >= 11 is 0. The lowest BCUT2D eigenvalue weighted by atomic mass is 9.96. The fourth-order valence-electron chi connectivity index (χ4n) is 4.04. The lowest BCUT2D eigenvalue weighted by Crippen LogP contribution is -2.43. The molecule has 2 heterocycles. The Balaban J connectivity index is 1.70. The number of esters is 1. The highest BCUT2D eigenvalue weighted by Gasteiger charge is 2.31. The maximum Gasteiger partial charge on any atom is 0.340 e. The summed E-state index contributed by atoms with van der Waals surface area (Å²) in [6.07, 6.45) is 0.825. The van der Waals surface area contributed by atoms with Crippen molar-refractivity contribution in [3.8, 4) is 6.07 Å². The number of hydrogen-bond acceptors (Lipinski definition) is 8. The molecule has 0 aliphatic carbocycles. The van der Waals surface area contributed by atoms with Gasteiger partial charge in [0.1, 0.15) is 23.5 Å². The summed E-state index contributed by atoms with van der Waals surface area (Å²) in [7, 11) is -4.51. The van der Waals surface area contributed by atoms with Crippen LogP contribution in [0.4, 0.5) is 19.0 Å². The number of ether oxygens (including phenoxy) is 1. The van der Waals surface area contributed by atoms with Crippen LogP contribution in [0.1, 0.15) is 53.9 Å². The number of carbonyl (C=O) groups is 2. The van der Waals surface area contributed by atoms with Gasteiger partial charge in [-0.05, 0) is 44.4 Å². The van der Waals surface area contributed by atoms with Gasteiger partial charge in [0.2, 0.25) is 15.9 Å². The molecule has 1 aromatic carbocycles. The van der Waals surface area contributed by atoms with Crippen molar-refractivity contribution < 1.29 is 35.9 Å². The third-order valence-electron chi connectivity index (χ3n) is 5.93. The fraction of sp³-hybridized carbons (Fsp3) is 0.417. The van der Waals surface area contributed by atoms with Gasteiger partial charge in [0, 0.05) is 24.6 Å². The van der Waals surface area contributed by atoms with E-state index in [4.69, 9.17) is 4.74 Å². The Kier molecular flexibility index (Phi) is 8.75. The fourth-order valence-corrected chi connectivity index (χ4v) is 5.23. The molecule has 1 aliphatic heterocycles. The normalized spacial score (nSPS) is 14.2. The molecule has 0 bridgehead atoms. The number of sulfonamides is 1. The zero-order chi connectivity index (χ0) is 27.3. The number of anilines is 1. The van der Waals surface area contributed by atoms with Crippen molar-refractivity contribution in [2.45, 2.75) is 38.9 Å². The number of nitrogens with zero attached hydrogens (tertiary/aromatic N) is 3. The average molecular weight is 539 g/mol. The van der Waals surface area contributed by atoms with E-state index in [1.54, 1.807) is 18.7 Å². The molecule has 1 saturated heterocycles. The van der Waals surface area contributed by atoms with E-state index in [9.17, 15) is 36.4 Å². The molecule has 37 heavy (non-hydrogen) atoms. The first kappa shape index (κ1) is 27.9. The largest absolute Gasteiger partial charge is 0.462 e. The van der Waals surface area contributed by atoms with Gasteiger partial charge in [0.25, 0.3) is 0 Å². The number of rotatable bonds is 8. The van der Waals surface area contributed by atoms with Crippen molar-refractivity contribution in [3.63, 3.8) is 0 Å². The van der Waals surface area contributed by atoms with Crippen LogP contribution in [0.25, 0.3) is 0 Å². The average Bonchev–Trinajstić information content (AvgIpc) is 2.88. The highest BCUT2D eigenvalue weighted by Crippen LogP contribution is 2.27. The van der Waals surface area contributed by atoms with Crippen LogP contribution in [0.15, 0.2) is 18.2 Å². The number of halogens is 3. The summed E-state index contributed by atoms with van der Waals surface area (Å²) in [4.78, 5) is 31.1. The van der Waals surface area contributed by atoms with Crippen LogP contribution in [-0.4, -0.2) is 45.0 Å². The van der Waals surface area contributed by atoms with Gasteiger partial charge in [-0.15, -0.1) is 0 Å². The van der Waals surface area contributed by atoms with Gasteiger partial charge in [-0.2, -0.15) is 5.26 Å². The number of hydrogen-bond donors (Lipinski definition) is 1. The highest BCUT2D eigenvalue weighted by molar-refractivity contribution is 7.89. The van der Waals surface area contributed by atoms with Gasteiger partial charge < -0.3 is 9.64 Å². The minimum absolute atomic E-state index is 0.157. The molecule has 0 unspecified atom stereocenters. The molecule has 1 N–H and O–H groups in total. The van der Waals surface area contributed by atoms with Crippen LogP contribution in [0.2, 0.25) is 0 Å². The second-order valence-corrected chi connectivity index (χ2v) is 10.1. The first-order valence-electron chi connectivity index (χ1n) is 11.5. The zero-order valence-corrected chi connectivity index (χ0v) is 21.0. The van der Waals surface area contributed by atoms with Crippen molar-refractivity contribution in [2.75, 3.05) is 24.6 Å². The quantitative estimate of drug-likeness (QED) is 0.401. The molecule has 3 rings (SSSR count). The third kappa shape index (κ3) is 6.37. The summed E-state index contributed by atoms with van der Waals surface area (Å²) in [5, 5.41) is 9.62. The number of aromatic nitrogens is 1. The molecule has 0 atom stereocenters. The van der Waals surface area contributed by atoms with Crippen molar-refractivity contribution in [3.05, 3.63) is 58.0 Å². The lowest BCUT2D eigenvalue weighted by Gasteiger charge is -2.33. The minimum Gasteiger partial charge on any atom is -0.462 e. The number of nitriles is 1. The van der Waals surface area contributed by atoms with Crippen LogP contribution < -0.4 is 9.62 Å². The van der Waals surface area contributed by atoms with Crippen LogP contribution in [0, 0.1) is 34.7 Å². The molecule has 0 spiro atoms. The van der Waals surface area contributed by atoms with E-state index >= 15 is 0 Å². The molecule has 0 radical (unpaired) electrons. The molecule has 1 aromatic heterocycles. The van der Waals surface area contributed by atoms with E-state index < -0.39 is 56.6 Å². The summed E-state index contributed by atoms with van der Waals surface area (Å²) in [6.45, 7) is 4.16. The van der Waals surface area contributed by atoms with Crippen molar-refractivity contribution in [1.29, 1.82) is 5.26 Å². The predicted molar refractivity (Wildman–Crippen MR) is 126 cm³/mol. The van der Waals surface area contributed by atoms with Crippen molar-refractivity contribution in [1.82, 2.24) is 9.71 Å². The minimum atomic E-state index is -4.51. The van der Waals surface area contributed by atoms with E-state index in [0.29, 0.717) is 30.1 Å². The Morgan fingerprint density at radius 1 is 1.19 bits per heavy atom. The van der Waals surface area contributed by atoms with E-state index in [1.807, 2.05) is 10.8 Å². The maximum absolute atomic E-state index is 13.9. The Morgan fingerprint density at radius 3 is 2.43 bits per heavy atom. The molecule has 2 aromatic rings. The van der Waals surface area contributed by atoms with Crippen LogP contribution >= 0.6 is 0 Å². The topological polar surface area (TPSA) is 129 Å². The SMILES string of the molecule is CCOC(=O)c1cc(C#N)c(N2CCC(C(=O)NS(=O)(=O)Cc3c(F)ccc(F)c3F)CC2)nc1CC. The van der Waals surface area contributed by atoms with Crippen LogP contribution in [-0.2, 0) is 31.7 Å². The highest BCUT2D eigenvalue weighted by atomic mass is 32.2.